The lowest BCUT2D eigenvalue weighted by Gasteiger charge is -2.16. The minimum absolute atomic E-state index is 0.0697. The number of aryl methyl sites for hydroxylation is 1. The van der Waals surface area contributed by atoms with E-state index >= 15 is 0 Å². The van der Waals surface area contributed by atoms with Crippen molar-refractivity contribution >= 4 is 17.2 Å². The first-order chi connectivity index (χ1) is 12.2. The van der Waals surface area contributed by atoms with Crippen molar-refractivity contribution in [2.45, 2.75) is 38.1 Å². The van der Waals surface area contributed by atoms with Gasteiger partial charge >= 0.3 is 0 Å². The molecule has 6 nitrogen and oxygen atoms in total. The predicted molar refractivity (Wildman–Crippen MR) is 98.4 cm³/mol. The van der Waals surface area contributed by atoms with E-state index < -0.39 is 0 Å². The van der Waals surface area contributed by atoms with Gasteiger partial charge in [0, 0.05) is 24.7 Å². The van der Waals surface area contributed by atoms with E-state index in [1.807, 2.05) is 29.9 Å². The van der Waals surface area contributed by atoms with E-state index in [9.17, 15) is 4.79 Å². The van der Waals surface area contributed by atoms with E-state index in [1.54, 1.807) is 17.4 Å². The van der Waals surface area contributed by atoms with Crippen LogP contribution in [0.1, 0.15) is 42.5 Å². The summed E-state index contributed by atoms with van der Waals surface area (Å²) in [5.74, 6) is -0.191. The van der Waals surface area contributed by atoms with E-state index in [4.69, 9.17) is 10.1 Å². The Labute approximate surface area is 151 Å². The van der Waals surface area contributed by atoms with E-state index in [2.05, 4.69) is 10.4 Å². The number of hydrogen-bond donors (Lipinski definition) is 2. The summed E-state index contributed by atoms with van der Waals surface area (Å²) in [7, 11) is 1.92. The quantitative estimate of drug-likeness (QED) is 0.857. The zero-order valence-corrected chi connectivity index (χ0v) is 15.3. The van der Waals surface area contributed by atoms with Gasteiger partial charge in [0.15, 0.2) is 0 Å². The van der Waals surface area contributed by atoms with Crippen molar-refractivity contribution in [1.82, 2.24) is 15.1 Å². The standard InChI is InChI=1S/C18H24N4O2S/c1-22-18(20-15-8-3-2-4-9-15)25-17(21-22)14-7-5-6-13(12-14)16(24)19-10-11-23/h5-7,12,15,23H,2-4,8-11H2,1H3,(H,19,24)/b20-18+. The summed E-state index contributed by atoms with van der Waals surface area (Å²) in [6, 6.07) is 7.80. The van der Waals surface area contributed by atoms with Crippen LogP contribution in [0.2, 0.25) is 0 Å². The van der Waals surface area contributed by atoms with E-state index in [0.29, 0.717) is 11.6 Å². The Morgan fingerprint density at radius 3 is 2.96 bits per heavy atom. The molecule has 1 aliphatic carbocycles. The highest BCUT2D eigenvalue weighted by Crippen LogP contribution is 2.22. The first-order valence-corrected chi connectivity index (χ1v) is 9.56. The SMILES string of the molecule is Cn1nc(-c2cccc(C(=O)NCCO)c2)s/c1=N/C1CCCCC1. The fourth-order valence-electron chi connectivity index (χ4n) is 3.01. The van der Waals surface area contributed by atoms with Crippen molar-refractivity contribution in [3.8, 4) is 10.6 Å². The molecule has 1 heterocycles. The van der Waals surface area contributed by atoms with Crippen LogP contribution in [-0.2, 0) is 7.05 Å². The first-order valence-electron chi connectivity index (χ1n) is 8.75. The van der Waals surface area contributed by atoms with Crippen molar-refractivity contribution in [1.29, 1.82) is 0 Å². The maximum absolute atomic E-state index is 12.1. The Kier molecular flexibility index (Phi) is 5.99. The third-order valence-corrected chi connectivity index (χ3v) is 5.41. The Morgan fingerprint density at radius 1 is 1.40 bits per heavy atom. The molecule has 3 rings (SSSR count). The highest BCUT2D eigenvalue weighted by molar-refractivity contribution is 7.12. The Morgan fingerprint density at radius 2 is 2.20 bits per heavy atom. The van der Waals surface area contributed by atoms with Gasteiger partial charge in [-0.25, -0.2) is 4.68 Å². The number of amides is 1. The van der Waals surface area contributed by atoms with Gasteiger partial charge in [-0.3, -0.25) is 9.79 Å². The van der Waals surface area contributed by atoms with Gasteiger partial charge in [-0.2, -0.15) is 5.10 Å². The smallest absolute Gasteiger partial charge is 0.251 e. The number of nitrogens with zero attached hydrogens (tertiary/aromatic N) is 3. The molecule has 134 valence electrons. The Balaban J connectivity index is 1.84. The summed E-state index contributed by atoms with van der Waals surface area (Å²) in [4.78, 5) is 17.9. The number of hydrogen-bond acceptors (Lipinski definition) is 5. The minimum Gasteiger partial charge on any atom is -0.395 e. The number of aliphatic hydroxyl groups excluding tert-OH is 1. The van der Waals surface area contributed by atoms with Crippen LogP contribution in [0.5, 0.6) is 0 Å². The van der Waals surface area contributed by atoms with Gasteiger partial charge in [-0.15, -0.1) is 0 Å². The van der Waals surface area contributed by atoms with Gasteiger partial charge in [-0.05, 0) is 25.0 Å². The van der Waals surface area contributed by atoms with Crippen LogP contribution in [0, 0.1) is 0 Å². The molecule has 0 spiro atoms. The summed E-state index contributed by atoms with van der Waals surface area (Å²) in [6.07, 6.45) is 6.15. The molecule has 2 N–H and O–H groups in total. The number of benzene rings is 1. The summed E-state index contributed by atoms with van der Waals surface area (Å²) in [5, 5.41) is 16.9. The lowest BCUT2D eigenvalue weighted by Crippen LogP contribution is -2.26. The molecule has 1 aromatic carbocycles. The molecule has 0 bridgehead atoms. The maximum atomic E-state index is 12.1. The molecule has 2 aromatic rings. The van der Waals surface area contributed by atoms with Gasteiger partial charge in [0.2, 0.25) is 4.80 Å². The van der Waals surface area contributed by atoms with Gasteiger partial charge in [0.25, 0.3) is 5.91 Å². The van der Waals surface area contributed by atoms with Gasteiger partial charge in [-0.1, -0.05) is 42.7 Å². The predicted octanol–water partition coefficient (Wildman–Crippen LogP) is 2.10. The molecule has 0 aliphatic heterocycles. The highest BCUT2D eigenvalue weighted by atomic mass is 32.1. The van der Waals surface area contributed by atoms with E-state index in [1.165, 1.54) is 19.3 Å². The van der Waals surface area contributed by atoms with Crippen LogP contribution in [0.25, 0.3) is 10.6 Å². The summed E-state index contributed by atoms with van der Waals surface area (Å²) >= 11 is 1.56. The van der Waals surface area contributed by atoms with Crippen LogP contribution < -0.4 is 10.1 Å². The Hall–Kier alpha value is -1.99. The second-order valence-electron chi connectivity index (χ2n) is 6.29. The third kappa shape index (κ3) is 4.55. The topological polar surface area (TPSA) is 79.5 Å². The van der Waals surface area contributed by atoms with E-state index in [-0.39, 0.29) is 19.1 Å². The van der Waals surface area contributed by atoms with Crippen molar-refractivity contribution in [3.05, 3.63) is 34.6 Å². The van der Waals surface area contributed by atoms with Crippen molar-refractivity contribution in [2.75, 3.05) is 13.2 Å². The second kappa shape index (κ2) is 8.40. The normalized spacial score (nSPS) is 16.2. The zero-order valence-electron chi connectivity index (χ0n) is 14.4. The van der Waals surface area contributed by atoms with E-state index in [0.717, 1.165) is 28.2 Å². The maximum Gasteiger partial charge on any atom is 0.251 e. The summed E-state index contributed by atoms with van der Waals surface area (Å²) in [6.45, 7) is 0.180. The van der Waals surface area contributed by atoms with Gasteiger partial charge in [0.05, 0.1) is 12.6 Å². The second-order valence-corrected chi connectivity index (χ2v) is 7.25. The molecule has 25 heavy (non-hydrogen) atoms. The average molecular weight is 360 g/mol. The summed E-state index contributed by atoms with van der Waals surface area (Å²) < 4.78 is 1.83. The molecule has 0 saturated heterocycles. The minimum atomic E-state index is -0.191. The van der Waals surface area contributed by atoms with Crippen molar-refractivity contribution in [2.24, 2.45) is 12.0 Å². The largest absolute Gasteiger partial charge is 0.395 e. The molecule has 7 heteroatoms. The lowest BCUT2D eigenvalue weighted by molar-refractivity contribution is 0.0945. The number of aliphatic hydroxyl groups is 1. The van der Waals surface area contributed by atoms with Gasteiger partial charge < -0.3 is 10.4 Å². The third-order valence-electron chi connectivity index (χ3n) is 4.34. The average Bonchev–Trinajstić information content (AvgIpc) is 3.01. The lowest BCUT2D eigenvalue weighted by atomic mass is 9.96. The first kappa shape index (κ1) is 17.8. The van der Waals surface area contributed by atoms with Crippen LogP contribution in [0.15, 0.2) is 29.3 Å². The fraction of sp³-hybridized carbons (Fsp3) is 0.500. The molecular weight excluding hydrogens is 336 g/mol. The molecule has 1 aliphatic rings. The molecule has 0 radical (unpaired) electrons. The van der Waals surface area contributed by atoms with Crippen LogP contribution >= 0.6 is 11.3 Å². The molecule has 1 amide bonds. The van der Waals surface area contributed by atoms with Crippen molar-refractivity contribution < 1.29 is 9.90 Å². The molecule has 0 unspecified atom stereocenters. The molecule has 1 aromatic heterocycles. The molecule has 1 saturated carbocycles. The number of carbonyl (C=O) groups is 1. The number of rotatable bonds is 5. The van der Waals surface area contributed by atoms with Gasteiger partial charge in [0.1, 0.15) is 5.01 Å². The molecular formula is C18H24N4O2S. The number of aromatic nitrogens is 2. The monoisotopic (exact) mass is 360 g/mol. The fourth-order valence-corrected chi connectivity index (χ4v) is 3.97. The molecule has 0 atom stereocenters. The molecule has 1 fully saturated rings. The van der Waals surface area contributed by atoms with Crippen molar-refractivity contribution in [3.63, 3.8) is 0 Å². The van der Waals surface area contributed by atoms with Crippen LogP contribution in [-0.4, -0.2) is 40.0 Å². The highest BCUT2D eigenvalue weighted by Gasteiger charge is 2.14. The number of nitrogens with one attached hydrogen (secondary N) is 1. The Bertz CT molecular complexity index is 790. The summed E-state index contributed by atoms with van der Waals surface area (Å²) in [5.41, 5.74) is 1.47. The van der Waals surface area contributed by atoms with Crippen LogP contribution in [0.3, 0.4) is 0 Å². The zero-order chi connectivity index (χ0) is 17.6. The van der Waals surface area contributed by atoms with Crippen LogP contribution in [0.4, 0.5) is 0 Å². The number of carbonyl (C=O) groups excluding carboxylic acids is 1.